The van der Waals surface area contributed by atoms with Crippen LogP contribution in [0.2, 0.25) is 0 Å². The average Bonchev–Trinajstić information content (AvgIpc) is 3.02. The molecule has 1 aliphatic rings. The van der Waals surface area contributed by atoms with Crippen LogP contribution in [0.15, 0.2) is 40.9 Å². The first-order chi connectivity index (χ1) is 12.0. The van der Waals surface area contributed by atoms with Crippen LogP contribution in [-0.4, -0.2) is 33.4 Å². The van der Waals surface area contributed by atoms with E-state index in [-0.39, 0.29) is 12.7 Å². The van der Waals surface area contributed by atoms with Crippen molar-refractivity contribution in [1.82, 2.24) is 0 Å². The van der Waals surface area contributed by atoms with Crippen LogP contribution in [0, 0.1) is 0 Å². The fourth-order valence-corrected chi connectivity index (χ4v) is 3.13. The first-order valence-corrected chi connectivity index (χ1v) is 8.67. The third kappa shape index (κ3) is 4.43. The molecule has 25 heavy (non-hydrogen) atoms. The molecule has 0 fully saturated rings. The molecule has 3 rings (SSSR count). The number of benzene rings is 2. The number of carbonyl (C=O) groups excluding carboxylic acids is 1. The number of amides is 1. The van der Waals surface area contributed by atoms with Crippen LogP contribution in [0.4, 0.5) is 5.69 Å². The lowest BCUT2D eigenvalue weighted by atomic mass is 10.2. The number of nitrogens with one attached hydrogen (secondary N) is 2. The number of anilines is 1. The van der Waals surface area contributed by atoms with E-state index in [0.717, 1.165) is 32.1 Å². The zero-order chi connectivity index (χ0) is 17.8. The van der Waals surface area contributed by atoms with Gasteiger partial charge in [-0.25, -0.2) is 0 Å². The quantitative estimate of drug-likeness (QED) is 0.766. The van der Waals surface area contributed by atoms with Crippen LogP contribution in [0.1, 0.15) is 5.56 Å². The van der Waals surface area contributed by atoms with E-state index in [2.05, 4.69) is 21.2 Å². The van der Waals surface area contributed by atoms with Gasteiger partial charge in [-0.2, -0.15) is 0 Å². The molecular weight excluding hydrogens is 388 g/mol. The summed E-state index contributed by atoms with van der Waals surface area (Å²) >= 11 is 3.55. The van der Waals surface area contributed by atoms with Gasteiger partial charge < -0.3 is 24.4 Å². The highest BCUT2D eigenvalue weighted by molar-refractivity contribution is 9.10. The molecule has 0 bridgehead atoms. The van der Waals surface area contributed by atoms with Gasteiger partial charge in [0, 0.05) is 21.8 Å². The van der Waals surface area contributed by atoms with Crippen LogP contribution in [0.25, 0.3) is 0 Å². The van der Waals surface area contributed by atoms with Gasteiger partial charge >= 0.3 is 0 Å². The molecule has 2 N–H and O–H groups in total. The minimum absolute atomic E-state index is 0.0531. The monoisotopic (exact) mass is 407 g/mol. The predicted octanol–water partition coefficient (Wildman–Crippen LogP) is 1.84. The molecule has 2 aromatic rings. The van der Waals surface area contributed by atoms with Crippen LogP contribution < -0.4 is 24.4 Å². The van der Waals surface area contributed by atoms with Gasteiger partial charge in [0.2, 0.25) is 6.79 Å². The molecule has 1 amide bonds. The molecule has 1 aliphatic heterocycles. The summed E-state index contributed by atoms with van der Waals surface area (Å²) in [6, 6.07) is 11.2. The first-order valence-electron chi connectivity index (χ1n) is 7.88. The average molecular weight is 408 g/mol. The van der Waals surface area contributed by atoms with Gasteiger partial charge in [-0.05, 0) is 24.3 Å². The van der Waals surface area contributed by atoms with Gasteiger partial charge in [0.15, 0.2) is 18.0 Å². The molecule has 0 radical (unpaired) electrons. The standard InChI is InChI=1S/C18H19BrN2O4/c1-21(9-12-6-16-17(8-15(12)19)25-11-24-16)10-18(22)20-13-4-3-5-14(7-13)23-2/h3-8H,9-11H2,1-2H3,(H,20,22)/p+1. The van der Waals surface area contributed by atoms with Gasteiger partial charge in [0.05, 0.1) is 14.2 Å². The Labute approximate surface area is 154 Å². The molecule has 132 valence electrons. The summed E-state index contributed by atoms with van der Waals surface area (Å²) in [6.45, 7) is 1.28. The van der Waals surface area contributed by atoms with Crippen LogP contribution in [0.5, 0.6) is 17.2 Å². The van der Waals surface area contributed by atoms with E-state index in [9.17, 15) is 4.79 Å². The van der Waals surface area contributed by atoms with E-state index < -0.39 is 0 Å². The molecule has 0 aromatic heterocycles. The van der Waals surface area contributed by atoms with E-state index in [4.69, 9.17) is 14.2 Å². The second-order valence-electron chi connectivity index (χ2n) is 5.89. The van der Waals surface area contributed by atoms with Crippen LogP contribution in [0.3, 0.4) is 0 Å². The Morgan fingerprint density at radius 2 is 2.04 bits per heavy atom. The highest BCUT2D eigenvalue weighted by Crippen LogP contribution is 2.36. The first kappa shape index (κ1) is 17.6. The Hall–Kier alpha value is -2.25. The van der Waals surface area contributed by atoms with Gasteiger partial charge in [-0.3, -0.25) is 4.79 Å². The van der Waals surface area contributed by atoms with Crippen molar-refractivity contribution in [2.45, 2.75) is 6.54 Å². The van der Waals surface area contributed by atoms with Crippen LogP contribution >= 0.6 is 15.9 Å². The Bertz CT molecular complexity index is 782. The Morgan fingerprint density at radius 1 is 1.28 bits per heavy atom. The summed E-state index contributed by atoms with van der Waals surface area (Å²) < 4.78 is 16.9. The number of halogens is 1. The van der Waals surface area contributed by atoms with Crippen molar-refractivity contribution in [2.24, 2.45) is 0 Å². The smallest absolute Gasteiger partial charge is 0.279 e. The Balaban J connectivity index is 1.58. The molecule has 1 unspecified atom stereocenters. The minimum atomic E-state index is -0.0531. The number of fused-ring (bicyclic) bond motifs is 1. The predicted molar refractivity (Wildman–Crippen MR) is 97.3 cm³/mol. The summed E-state index contributed by atoms with van der Waals surface area (Å²) in [5.74, 6) is 2.14. The molecule has 7 heteroatoms. The van der Waals surface area contributed by atoms with Crippen molar-refractivity contribution in [1.29, 1.82) is 0 Å². The number of carbonyl (C=O) groups is 1. The zero-order valence-electron chi connectivity index (χ0n) is 14.1. The fourth-order valence-electron chi connectivity index (χ4n) is 2.66. The number of quaternary nitrogens is 1. The summed E-state index contributed by atoms with van der Waals surface area (Å²) in [4.78, 5) is 13.3. The lowest BCUT2D eigenvalue weighted by Crippen LogP contribution is -3.08. The Kier molecular flexibility index (Phi) is 5.45. The molecule has 0 aliphatic carbocycles. The molecule has 0 saturated heterocycles. The molecule has 6 nitrogen and oxygen atoms in total. The maximum atomic E-state index is 12.3. The SMILES string of the molecule is COc1cccc(NC(=O)C[NH+](C)Cc2cc3c(cc2Br)OCO3)c1. The number of ether oxygens (including phenoxy) is 3. The summed E-state index contributed by atoms with van der Waals surface area (Å²) in [6.07, 6.45) is 0. The lowest BCUT2D eigenvalue weighted by molar-refractivity contribution is -0.885. The third-order valence-corrected chi connectivity index (χ3v) is 4.59. The topological polar surface area (TPSA) is 61.2 Å². The third-order valence-electron chi connectivity index (χ3n) is 3.85. The normalized spacial score (nSPS) is 13.4. The molecule has 0 spiro atoms. The van der Waals surface area contributed by atoms with Gasteiger partial charge in [0.1, 0.15) is 12.3 Å². The number of methoxy groups -OCH3 is 1. The molecule has 1 atom stereocenters. The summed E-state index contributed by atoms with van der Waals surface area (Å²) in [7, 11) is 3.57. The summed E-state index contributed by atoms with van der Waals surface area (Å²) in [5, 5.41) is 2.89. The summed E-state index contributed by atoms with van der Waals surface area (Å²) in [5.41, 5.74) is 1.79. The lowest BCUT2D eigenvalue weighted by Gasteiger charge is -2.15. The van der Waals surface area contributed by atoms with E-state index in [0.29, 0.717) is 18.8 Å². The van der Waals surface area contributed by atoms with Crippen LogP contribution in [-0.2, 0) is 11.3 Å². The van der Waals surface area contributed by atoms with E-state index >= 15 is 0 Å². The van der Waals surface area contributed by atoms with Gasteiger partial charge in [0.25, 0.3) is 5.91 Å². The van der Waals surface area contributed by atoms with Crippen molar-refractivity contribution in [2.75, 3.05) is 32.8 Å². The van der Waals surface area contributed by atoms with Crippen molar-refractivity contribution >= 4 is 27.5 Å². The second-order valence-corrected chi connectivity index (χ2v) is 6.74. The van der Waals surface area contributed by atoms with E-state index in [1.165, 1.54) is 0 Å². The minimum Gasteiger partial charge on any atom is -0.497 e. The number of likely N-dealkylation sites (N-methyl/N-ethyl adjacent to an activating group) is 1. The molecule has 0 saturated carbocycles. The maximum Gasteiger partial charge on any atom is 0.279 e. The highest BCUT2D eigenvalue weighted by atomic mass is 79.9. The number of hydrogen-bond acceptors (Lipinski definition) is 4. The Morgan fingerprint density at radius 3 is 2.80 bits per heavy atom. The highest BCUT2D eigenvalue weighted by Gasteiger charge is 2.19. The second kappa shape index (κ2) is 7.76. The van der Waals surface area contributed by atoms with Crippen molar-refractivity contribution in [3.63, 3.8) is 0 Å². The van der Waals surface area contributed by atoms with E-state index in [1.807, 2.05) is 37.4 Å². The number of hydrogen-bond donors (Lipinski definition) is 2. The fraction of sp³-hybridized carbons (Fsp3) is 0.278. The molecule has 1 heterocycles. The maximum absolute atomic E-state index is 12.3. The largest absolute Gasteiger partial charge is 0.497 e. The van der Waals surface area contributed by atoms with Crippen molar-refractivity contribution < 1.29 is 23.9 Å². The van der Waals surface area contributed by atoms with E-state index in [1.54, 1.807) is 13.2 Å². The van der Waals surface area contributed by atoms with Crippen molar-refractivity contribution in [3.8, 4) is 17.2 Å². The molecular formula is C18H20BrN2O4+. The van der Waals surface area contributed by atoms with Crippen molar-refractivity contribution in [3.05, 3.63) is 46.4 Å². The molecule has 2 aromatic carbocycles. The van der Waals surface area contributed by atoms with Gasteiger partial charge in [-0.15, -0.1) is 0 Å². The zero-order valence-corrected chi connectivity index (χ0v) is 15.7. The number of rotatable bonds is 6. The van der Waals surface area contributed by atoms with Gasteiger partial charge in [-0.1, -0.05) is 22.0 Å².